The van der Waals surface area contributed by atoms with Crippen molar-refractivity contribution in [2.24, 2.45) is 0 Å². The van der Waals surface area contributed by atoms with E-state index in [0.717, 1.165) is 28.1 Å². The molecule has 1 unspecified atom stereocenters. The molecular formula is C21H23N3OS. The van der Waals surface area contributed by atoms with Gasteiger partial charge in [0.2, 0.25) is 0 Å². The van der Waals surface area contributed by atoms with Crippen LogP contribution in [0.15, 0.2) is 53.7 Å². The highest BCUT2D eigenvalue weighted by Crippen LogP contribution is 2.28. The topological polar surface area (TPSA) is 53.2 Å². The van der Waals surface area contributed by atoms with E-state index in [1.165, 1.54) is 5.56 Å². The van der Waals surface area contributed by atoms with Crippen LogP contribution in [0.1, 0.15) is 35.2 Å². The first-order valence-electron chi connectivity index (χ1n) is 8.59. The van der Waals surface area contributed by atoms with Crippen molar-refractivity contribution in [2.45, 2.75) is 33.7 Å². The van der Waals surface area contributed by atoms with Crippen LogP contribution in [0.4, 0.5) is 5.69 Å². The fourth-order valence-corrected chi connectivity index (χ4v) is 3.35. The van der Waals surface area contributed by atoms with Gasteiger partial charge in [0, 0.05) is 11.4 Å². The molecular weight excluding hydrogens is 342 g/mol. The van der Waals surface area contributed by atoms with E-state index in [9.17, 15) is 4.79 Å². The van der Waals surface area contributed by atoms with Gasteiger partial charge in [-0.1, -0.05) is 42.0 Å². The van der Waals surface area contributed by atoms with E-state index >= 15 is 0 Å². The molecule has 3 rings (SSSR count). The summed E-state index contributed by atoms with van der Waals surface area (Å²) in [6.45, 7) is 7.97. The maximum Gasteiger partial charge on any atom is 0.255 e. The number of hydrogen-bond donors (Lipinski definition) is 3. The summed E-state index contributed by atoms with van der Waals surface area (Å²) in [5.74, 6) is -0.135. The fourth-order valence-electron chi connectivity index (χ4n) is 3.08. The fraction of sp³-hybridized carbons (Fsp3) is 0.238. The first-order chi connectivity index (χ1) is 12.4. The van der Waals surface area contributed by atoms with Gasteiger partial charge in [-0.3, -0.25) is 4.79 Å². The normalized spacial score (nSPS) is 16.8. The summed E-state index contributed by atoms with van der Waals surface area (Å²) in [6, 6.07) is 13.8. The standard InChI is InChI=1S/C21H23N3OS/c1-12-8-10-16(11-9-12)19-18(15(4)22-21(26)24-19)20(25)23-17-7-5-6-13(2)14(17)3/h5-11,19H,1-4H3,(H,23,25)(H2,22,24,26). The van der Waals surface area contributed by atoms with Gasteiger partial charge in [0.25, 0.3) is 5.91 Å². The molecule has 1 heterocycles. The van der Waals surface area contributed by atoms with Crippen LogP contribution in [0.2, 0.25) is 0 Å². The molecule has 0 spiro atoms. The van der Waals surface area contributed by atoms with Crippen LogP contribution in [0.25, 0.3) is 0 Å². The van der Waals surface area contributed by atoms with Crippen LogP contribution in [0.3, 0.4) is 0 Å². The minimum Gasteiger partial charge on any atom is -0.351 e. The molecule has 0 radical (unpaired) electrons. The molecule has 3 N–H and O–H groups in total. The monoisotopic (exact) mass is 365 g/mol. The highest BCUT2D eigenvalue weighted by atomic mass is 32.1. The van der Waals surface area contributed by atoms with Crippen molar-refractivity contribution in [2.75, 3.05) is 5.32 Å². The lowest BCUT2D eigenvalue weighted by molar-refractivity contribution is -0.113. The number of carbonyl (C=O) groups excluding carboxylic acids is 1. The molecule has 2 aromatic rings. The molecule has 0 aromatic heterocycles. The molecule has 134 valence electrons. The summed E-state index contributed by atoms with van der Waals surface area (Å²) in [4.78, 5) is 13.1. The largest absolute Gasteiger partial charge is 0.351 e. The molecule has 0 fully saturated rings. The number of anilines is 1. The third-order valence-corrected chi connectivity index (χ3v) is 5.00. The smallest absolute Gasteiger partial charge is 0.255 e. The lowest BCUT2D eigenvalue weighted by Crippen LogP contribution is -2.45. The van der Waals surface area contributed by atoms with Gasteiger partial charge in [-0.05, 0) is 62.7 Å². The Morgan fingerprint density at radius 2 is 1.73 bits per heavy atom. The predicted octanol–water partition coefficient (Wildman–Crippen LogP) is 4.04. The zero-order chi connectivity index (χ0) is 18.8. The van der Waals surface area contributed by atoms with E-state index < -0.39 is 0 Å². The molecule has 0 bridgehead atoms. The van der Waals surface area contributed by atoms with Crippen molar-refractivity contribution in [3.05, 3.63) is 76.0 Å². The highest BCUT2D eigenvalue weighted by molar-refractivity contribution is 7.80. The Kier molecular flexibility index (Phi) is 5.09. The van der Waals surface area contributed by atoms with Crippen molar-refractivity contribution >= 4 is 28.9 Å². The van der Waals surface area contributed by atoms with Crippen LogP contribution in [-0.4, -0.2) is 11.0 Å². The van der Waals surface area contributed by atoms with E-state index in [1.807, 2.05) is 70.2 Å². The van der Waals surface area contributed by atoms with Crippen molar-refractivity contribution in [1.82, 2.24) is 10.6 Å². The minimum absolute atomic E-state index is 0.135. The summed E-state index contributed by atoms with van der Waals surface area (Å²) in [5, 5.41) is 9.88. The number of thiocarbonyl (C=S) groups is 1. The molecule has 4 nitrogen and oxygen atoms in total. The van der Waals surface area contributed by atoms with Crippen molar-refractivity contribution in [3.8, 4) is 0 Å². The number of aryl methyl sites for hydroxylation is 2. The Bertz CT molecular complexity index is 900. The number of hydrogen-bond acceptors (Lipinski definition) is 2. The van der Waals surface area contributed by atoms with Crippen LogP contribution in [0, 0.1) is 20.8 Å². The van der Waals surface area contributed by atoms with E-state index in [4.69, 9.17) is 12.2 Å². The summed E-state index contributed by atoms with van der Waals surface area (Å²) < 4.78 is 0. The quantitative estimate of drug-likeness (QED) is 0.719. The first kappa shape index (κ1) is 18.1. The third-order valence-electron chi connectivity index (χ3n) is 4.78. The lowest BCUT2D eigenvalue weighted by Gasteiger charge is -2.30. The Labute approximate surface area is 159 Å². The molecule has 1 amide bonds. The van der Waals surface area contributed by atoms with Crippen molar-refractivity contribution < 1.29 is 4.79 Å². The van der Waals surface area contributed by atoms with E-state index in [1.54, 1.807) is 0 Å². The molecule has 5 heteroatoms. The van der Waals surface area contributed by atoms with Gasteiger partial charge >= 0.3 is 0 Å². The Hall–Kier alpha value is -2.66. The first-order valence-corrected chi connectivity index (χ1v) is 9.00. The van der Waals surface area contributed by atoms with Crippen LogP contribution in [0.5, 0.6) is 0 Å². The molecule has 0 saturated heterocycles. The summed E-state index contributed by atoms with van der Waals surface area (Å²) in [6.07, 6.45) is 0. The van der Waals surface area contributed by atoms with Crippen molar-refractivity contribution in [3.63, 3.8) is 0 Å². The van der Waals surface area contributed by atoms with Gasteiger partial charge in [0.1, 0.15) is 0 Å². The highest BCUT2D eigenvalue weighted by Gasteiger charge is 2.30. The Morgan fingerprint density at radius 3 is 2.42 bits per heavy atom. The zero-order valence-corrected chi connectivity index (χ0v) is 16.3. The number of rotatable bonds is 3. The average Bonchev–Trinajstić information content (AvgIpc) is 2.59. The van der Waals surface area contributed by atoms with E-state index in [-0.39, 0.29) is 11.9 Å². The maximum atomic E-state index is 13.1. The lowest BCUT2D eigenvalue weighted by atomic mass is 9.94. The van der Waals surface area contributed by atoms with Gasteiger partial charge < -0.3 is 16.0 Å². The van der Waals surface area contributed by atoms with Gasteiger partial charge in [-0.2, -0.15) is 0 Å². The van der Waals surface area contributed by atoms with Crippen LogP contribution < -0.4 is 16.0 Å². The number of carbonyl (C=O) groups is 1. The number of amides is 1. The zero-order valence-electron chi connectivity index (χ0n) is 15.4. The Morgan fingerprint density at radius 1 is 1.04 bits per heavy atom. The molecule has 1 atom stereocenters. The molecule has 1 aliphatic heterocycles. The predicted molar refractivity (Wildman–Crippen MR) is 110 cm³/mol. The average molecular weight is 366 g/mol. The summed E-state index contributed by atoms with van der Waals surface area (Å²) in [5.41, 5.74) is 6.62. The van der Waals surface area contributed by atoms with Crippen LogP contribution in [-0.2, 0) is 4.79 Å². The third kappa shape index (κ3) is 3.63. The molecule has 2 aromatic carbocycles. The molecule has 1 aliphatic rings. The van der Waals surface area contributed by atoms with E-state index in [0.29, 0.717) is 10.7 Å². The second-order valence-corrected chi connectivity index (χ2v) is 7.09. The number of allylic oxidation sites excluding steroid dienone is 1. The molecule has 0 saturated carbocycles. The minimum atomic E-state index is -0.283. The van der Waals surface area contributed by atoms with E-state index in [2.05, 4.69) is 16.0 Å². The van der Waals surface area contributed by atoms with Gasteiger partial charge in [0.15, 0.2) is 5.11 Å². The van der Waals surface area contributed by atoms with Gasteiger partial charge in [0.05, 0.1) is 11.6 Å². The maximum absolute atomic E-state index is 13.1. The Balaban J connectivity index is 1.96. The number of nitrogens with one attached hydrogen (secondary N) is 3. The summed E-state index contributed by atoms with van der Waals surface area (Å²) >= 11 is 5.30. The molecule has 0 aliphatic carbocycles. The SMILES string of the molecule is CC1=C(C(=O)Nc2cccc(C)c2C)C(c2ccc(C)cc2)NC(=S)N1. The van der Waals surface area contributed by atoms with Gasteiger partial charge in [-0.15, -0.1) is 0 Å². The second-order valence-electron chi connectivity index (χ2n) is 6.68. The van der Waals surface area contributed by atoms with Crippen molar-refractivity contribution in [1.29, 1.82) is 0 Å². The summed E-state index contributed by atoms with van der Waals surface area (Å²) in [7, 11) is 0. The molecule has 26 heavy (non-hydrogen) atoms. The second kappa shape index (κ2) is 7.30. The van der Waals surface area contributed by atoms with Crippen LogP contribution >= 0.6 is 12.2 Å². The number of benzene rings is 2. The van der Waals surface area contributed by atoms with Gasteiger partial charge in [-0.25, -0.2) is 0 Å².